The topological polar surface area (TPSA) is 87.2 Å². The molecular formula is C36H50N4O2S2. The molecule has 44 heavy (non-hydrogen) atoms. The highest BCUT2D eigenvalue weighted by atomic mass is 32.2. The van der Waals surface area contributed by atoms with Gasteiger partial charge in [-0.15, -0.1) is 0 Å². The van der Waals surface area contributed by atoms with E-state index in [0.717, 1.165) is 45.9 Å². The van der Waals surface area contributed by atoms with E-state index in [1.165, 1.54) is 5.57 Å². The van der Waals surface area contributed by atoms with Crippen LogP contribution < -0.4 is 4.72 Å². The molecule has 0 saturated heterocycles. The zero-order chi connectivity index (χ0) is 32.4. The molecule has 0 bridgehead atoms. The number of rotatable bonds is 11. The Balaban J connectivity index is 1.42. The number of aliphatic imine (C=N–C) groups is 1. The van der Waals surface area contributed by atoms with Gasteiger partial charge in [0, 0.05) is 45.5 Å². The van der Waals surface area contributed by atoms with Crippen LogP contribution in [0.5, 0.6) is 0 Å². The van der Waals surface area contributed by atoms with Crippen molar-refractivity contribution in [3.8, 4) is 22.4 Å². The van der Waals surface area contributed by atoms with Gasteiger partial charge in [-0.3, -0.25) is 9.20 Å². The quantitative estimate of drug-likeness (QED) is 0.223. The number of hydrogen-bond donors (Lipinski definition) is 2. The normalized spacial score (nSPS) is 17.0. The lowest BCUT2D eigenvalue weighted by molar-refractivity contribution is 0.512. The second kappa shape index (κ2) is 13.8. The van der Waals surface area contributed by atoms with Crippen LogP contribution in [0.2, 0.25) is 0 Å². The van der Waals surface area contributed by atoms with Gasteiger partial charge in [-0.25, -0.2) is 13.9 Å². The van der Waals surface area contributed by atoms with Gasteiger partial charge in [-0.2, -0.15) is 0 Å². The molecule has 2 N–H and O–H groups in total. The number of nitrogens with one attached hydrogen (secondary N) is 2. The minimum Gasteiger partial charge on any atom is -0.342 e. The van der Waals surface area contributed by atoms with Crippen molar-refractivity contribution in [3.63, 3.8) is 0 Å². The monoisotopic (exact) mass is 634 g/mol. The molecule has 3 aromatic rings. The molecule has 4 rings (SSSR count). The predicted molar refractivity (Wildman–Crippen MR) is 189 cm³/mol. The second-order valence-corrected chi connectivity index (χ2v) is 18.7. The van der Waals surface area contributed by atoms with E-state index < -0.39 is 21.8 Å². The third-order valence-electron chi connectivity index (χ3n) is 8.12. The van der Waals surface area contributed by atoms with Gasteiger partial charge in [-0.1, -0.05) is 76.2 Å². The van der Waals surface area contributed by atoms with Crippen molar-refractivity contribution >= 4 is 33.1 Å². The Morgan fingerprint density at radius 2 is 1.34 bits per heavy atom. The van der Waals surface area contributed by atoms with E-state index in [1.807, 2.05) is 53.9 Å². The van der Waals surface area contributed by atoms with E-state index in [0.29, 0.717) is 11.7 Å². The van der Waals surface area contributed by atoms with Crippen molar-refractivity contribution in [1.29, 1.82) is 0 Å². The SMILES string of the molecule is CC(C)[C@H](NS(=O)C(C)(C)C)C1=NC=C(c2ccc(-c3ccc(-c4cnc([C@@H](CS(=O)C(C)(C)C)C(C)C)[nH]4)cc3)cc2)C1. The van der Waals surface area contributed by atoms with E-state index in [2.05, 4.69) is 85.9 Å². The number of imidazole rings is 1. The van der Waals surface area contributed by atoms with E-state index >= 15 is 0 Å². The van der Waals surface area contributed by atoms with E-state index in [4.69, 9.17) is 9.98 Å². The molecule has 0 amide bonds. The van der Waals surface area contributed by atoms with E-state index in [-0.39, 0.29) is 27.4 Å². The Morgan fingerprint density at radius 3 is 1.84 bits per heavy atom. The predicted octanol–water partition coefficient (Wildman–Crippen LogP) is 8.29. The van der Waals surface area contributed by atoms with Crippen LogP contribution in [0.3, 0.4) is 0 Å². The van der Waals surface area contributed by atoms with Crippen molar-refractivity contribution in [2.75, 3.05) is 5.75 Å². The third kappa shape index (κ3) is 8.32. The average Bonchev–Trinajstić information content (AvgIpc) is 3.64. The summed E-state index contributed by atoms with van der Waals surface area (Å²) in [7, 11) is -2.10. The fourth-order valence-corrected chi connectivity index (χ4v) is 7.45. The van der Waals surface area contributed by atoms with Gasteiger partial charge in [0.1, 0.15) is 5.82 Å². The van der Waals surface area contributed by atoms with Crippen molar-refractivity contribution < 1.29 is 8.42 Å². The molecule has 8 heteroatoms. The zero-order valence-electron chi connectivity index (χ0n) is 28.0. The molecule has 1 aromatic heterocycles. The van der Waals surface area contributed by atoms with Gasteiger partial charge in [0.2, 0.25) is 0 Å². The Kier molecular flexibility index (Phi) is 10.7. The highest BCUT2D eigenvalue weighted by Crippen LogP contribution is 2.31. The van der Waals surface area contributed by atoms with Crippen LogP contribution in [0.1, 0.15) is 93.0 Å². The molecule has 0 saturated carbocycles. The average molecular weight is 635 g/mol. The second-order valence-electron chi connectivity index (χ2n) is 14.5. The summed E-state index contributed by atoms with van der Waals surface area (Å²) in [5.41, 5.74) is 7.71. The molecule has 0 spiro atoms. The number of allylic oxidation sites excluding steroid dienone is 1. The number of benzene rings is 2. The van der Waals surface area contributed by atoms with Gasteiger partial charge < -0.3 is 4.98 Å². The summed E-state index contributed by atoms with van der Waals surface area (Å²) >= 11 is 0. The van der Waals surface area contributed by atoms with Gasteiger partial charge >= 0.3 is 0 Å². The van der Waals surface area contributed by atoms with Crippen LogP contribution >= 0.6 is 0 Å². The molecule has 4 atom stereocenters. The minimum atomic E-state index is -1.16. The van der Waals surface area contributed by atoms with Crippen molar-refractivity contribution in [2.45, 2.75) is 97.1 Å². The molecular weight excluding hydrogens is 585 g/mol. The highest BCUT2D eigenvalue weighted by Gasteiger charge is 2.30. The number of H-pyrrole nitrogens is 1. The maximum atomic E-state index is 12.9. The van der Waals surface area contributed by atoms with Crippen LogP contribution in [-0.4, -0.2) is 45.4 Å². The van der Waals surface area contributed by atoms with Gasteiger partial charge in [0.05, 0.1) is 33.7 Å². The summed E-state index contributed by atoms with van der Waals surface area (Å²) in [6, 6.07) is 17.1. The number of aromatic nitrogens is 2. The Bertz CT molecular complexity index is 1540. The van der Waals surface area contributed by atoms with Gasteiger partial charge in [0.25, 0.3) is 0 Å². The summed E-state index contributed by atoms with van der Waals surface area (Å²) < 4.78 is 28.4. The Labute approximate surface area is 269 Å². The first-order valence-electron chi connectivity index (χ1n) is 15.6. The van der Waals surface area contributed by atoms with Crippen molar-refractivity contribution in [3.05, 3.63) is 72.3 Å². The van der Waals surface area contributed by atoms with Crippen LogP contribution in [-0.2, 0) is 21.8 Å². The molecule has 0 fully saturated rings. The fourth-order valence-electron chi connectivity index (χ4n) is 5.09. The first-order chi connectivity index (χ1) is 20.5. The standard InChI is InChI=1S/C36H50N4O2S2/c1-23(2)30(22-43(41)35(5,6)7)34-38-21-32(39-34)28-17-15-26(16-18-28)25-11-13-27(14-12-25)29-19-31(37-20-29)33(24(3)4)40-44(42)36(8,9)10/h11-18,20-21,23-24,30,33,40H,19,22H2,1-10H3,(H,38,39)/t30-,33-,43?,44?/m0/s1. The summed E-state index contributed by atoms with van der Waals surface area (Å²) in [5, 5.41) is 0. The Morgan fingerprint density at radius 1 is 0.795 bits per heavy atom. The van der Waals surface area contributed by atoms with E-state index in [9.17, 15) is 8.42 Å². The molecule has 1 aliphatic heterocycles. The lowest BCUT2D eigenvalue weighted by Gasteiger charge is -2.27. The minimum absolute atomic E-state index is 0.0312. The summed E-state index contributed by atoms with van der Waals surface area (Å²) in [5.74, 6) is 2.22. The molecule has 2 heterocycles. The first kappa shape index (κ1) is 34.2. The Hall–Kier alpha value is -2.68. The number of aromatic amines is 1. The number of hydrogen-bond acceptors (Lipinski definition) is 4. The molecule has 0 aliphatic carbocycles. The first-order valence-corrected chi connectivity index (χ1v) is 18.1. The zero-order valence-corrected chi connectivity index (χ0v) is 29.7. The lowest BCUT2D eigenvalue weighted by atomic mass is 9.93. The lowest BCUT2D eigenvalue weighted by Crippen LogP contribution is -2.46. The molecule has 2 unspecified atom stereocenters. The van der Waals surface area contributed by atoms with Crippen LogP contribution in [0, 0.1) is 11.8 Å². The summed E-state index contributed by atoms with van der Waals surface area (Å²) in [6.45, 7) is 20.7. The van der Waals surface area contributed by atoms with Gasteiger partial charge in [0.15, 0.2) is 0 Å². The van der Waals surface area contributed by atoms with E-state index in [1.54, 1.807) is 0 Å². The van der Waals surface area contributed by atoms with Crippen molar-refractivity contribution in [1.82, 2.24) is 14.7 Å². The molecule has 238 valence electrons. The van der Waals surface area contributed by atoms with Crippen LogP contribution in [0.15, 0.2) is 65.9 Å². The summed E-state index contributed by atoms with van der Waals surface area (Å²) in [6.07, 6.45) is 4.60. The molecule has 2 aromatic carbocycles. The maximum absolute atomic E-state index is 12.9. The maximum Gasteiger partial charge on any atom is 0.110 e. The molecule has 6 nitrogen and oxygen atoms in total. The largest absolute Gasteiger partial charge is 0.342 e. The highest BCUT2D eigenvalue weighted by molar-refractivity contribution is 7.86. The smallest absolute Gasteiger partial charge is 0.110 e. The van der Waals surface area contributed by atoms with Crippen molar-refractivity contribution in [2.24, 2.45) is 16.8 Å². The van der Waals surface area contributed by atoms with Crippen LogP contribution in [0.4, 0.5) is 0 Å². The molecule has 1 aliphatic rings. The number of nitrogens with zero attached hydrogens (tertiary/aromatic N) is 2. The fraction of sp³-hybridized carbons (Fsp3) is 0.500. The summed E-state index contributed by atoms with van der Waals surface area (Å²) in [4.78, 5) is 13.0. The molecule has 0 radical (unpaired) electrons. The third-order valence-corrected chi connectivity index (χ3v) is 11.7. The van der Waals surface area contributed by atoms with Crippen LogP contribution in [0.25, 0.3) is 28.0 Å². The van der Waals surface area contributed by atoms with Gasteiger partial charge in [-0.05, 0) is 81.2 Å².